The summed E-state index contributed by atoms with van der Waals surface area (Å²) in [5.41, 5.74) is 7.22. The lowest BCUT2D eigenvalue weighted by atomic mass is 9.84. The number of anilines is 2. The molecular weight excluding hydrogens is 252 g/mol. The first-order chi connectivity index (χ1) is 9.70. The molecule has 0 spiro atoms. The molecule has 4 atom stereocenters. The molecule has 0 amide bonds. The van der Waals surface area contributed by atoms with Gasteiger partial charge in [0.15, 0.2) is 11.5 Å². The molecule has 2 aromatic rings. The molecule has 4 N–H and O–H groups in total. The van der Waals surface area contributed by atoms with E-state index in [0.29, 0.717) is 11.7 Å². The Hall–Kier alpha value is -1.85. The summed E-state index contributed by atoms with van der Waals surface area (Å²) in [6.45, 7) is 2.26. The SMILES string of the molecule is CC(Nc1nc(N)nc2nc[nH]c12)C1CC2CCC1C2. The molecule has 2 saturated carbocycles. The molecule has 2 aliphatic carbocycles. The number of nitrogens with zero attached hydrogens (tertiary/aromatic N) is 3. The van der Waals surface area contributed by atoms with Gasteiger partial charge in [-0.1, -0.05) is 6.42 Å². The van der Waals surface area contributed by atoms with Crippen molar-refractivity contribution >= 4 is 22.9 Å². The Bertz CT molecular complexity index is 636. The van der Waals surface area contributed by atoms with Gasteiger partial charge in [0.1, 0.15) is 5.52 Å². The molecule has 4 unspecified atom stereocenters. The minimum absolute atomic E-state index is 0.271. The number of rotatable bonds is 3. The van der Waals surface area contributed by atoms with Gasteiger partial charge in [0.05, 0.1) is 6.33 Å². The van der Waals surface area contributed by atoms with Crippen molar-refractivity contribution in [2.24, 2.45) is 17.8 Å². The predicted octanol–water partition coefficient (Wildman–Crippen LogP) is 2.17. The smallest absolute Gasteiger partial charge is 0.224 e. The maximum atomic E-state index is 5.76. The minimum Gasteiger partial charge on any atom is -0.368 e. The number of hydrogen-bond acceptors (Lipinski definition) is 5. The number of imidazole rings is 1. The van der Waals surface area contributed by atoms with Crippen molar-refractivity contribution in [2.45, 2.75) is 38.6 Å². The molecule has 0 aromatic carbocycles. The monoisotopic (exact) mass is 272 g/mol. The molecule has 2 aliphatic rings. The van der Waals surface area contributed by atoms with Crippen LogP contribution in [0.4, 0.5) is 11.8 Å². The molecule has 2 bridgehead atoms. The summed E-state index contributed by atoms with van der Waals surface area (Å²) in [5.74, 6) is 3.64. The second kappa shape index (κ2) is 4.33. The van der Waals surface area contributed by atoms with Crippen LogP contribution in [0.2, 0.25) is 0 Å². The number of aromatic nitrogens is 4. The number of nitrogens with two attached hydrogens (primary N) is 1. The van der Waals surface area contributed by atoms with Crippen LogP contribution in [0.15, 0.2) is 6.33 Å². The minimum atomic E-state index is 0.271. The molecule has 20 heavy (non-hydrogen) atoms. The molecule has 2 heterocycles. The van der Waals surface area contributed by atoms with E-state index in [1.165, 1.54) is 25.7 Å². The number of fused-ring (bicyclic) bond motifs is 3. The van der Waals surface area contributed by atoms with Crippen molar-refractivity contribution in [1.29, 1.82) is 0 Å². The first kappa shape index (κ1) is 11.9. The summed E-state index contributed by atoms with van der Waals surface area (Å²) in [4.78, 5) is 15.7. The van der Waals surface area contributed by atoms with Crippen molar-refractivity contribution in [2.75, 3.05) is 11.1 Å². The van der Waals surface area contributed by atoms with E-state index in [0.717, 1.165) is 29.1 Å². The van der Waals surface area contributed by atoms with Gasteiger partial charge in [-0.15, -0.1) is 0 Å². The normalized spacial score (nSPS) is 29.9. The maximum absolute atomic E-state index is 5.76. The molecule has 4 rings (SSSR count). The third kappa shape index (κ3) is 1.82. The van der Waals surface area contributed by atoms with Gasteiger partial charge in [-0.2, -0.15) is 9.97 Å². The third-order valence-corrected chi connectivity index (χ3v) is 5.10. The predicted molar refractivity (Wildman–Crippen MR) is 78.1 cm³/mol. The summed E-state index contributed by atoms with van der Waals surface area (Å²) < 4.78 is 0. The van der Waals surface area contributed by atoms with Gasteiger partial charge < -0.3 is 16.0 Å². The molecule has 6 heteroatoms. The van der Waals surface area contributed by atoms with Crippen molar-refractivity contribution in [3.63, 3.8) is 0 Å². The largest absolute Gasteiger partial charge is 0.368 e. The quantitative estimate of drug-likeness (QED) is 0.796. The molecule has 2 fully saturated rings. The van der Waals surface area contributed by atoms with E-state index in [2.05, 4.69) is 32.2 Å². The van der Waals surface area contributed by atoms with Gasteiger partial charge in [0, 0.05) is 6.04 Å². The van der Waals surface area contributed by atoms with Gasteiger partial charge in [0.2, 0.25) is 5.95 Å². The lowest BCUT2D eigenvalue weighted by molar-refractivity contribution is 0.304. The molecule has 106 valence electrons. The Labute approximate surface area is 117 Å². The molecular formula is C14H20N6. The zero-order chi connectivity index (χ0) is 13.7. The molecule has 0 saturated heterocycles. The van der Waals surface area contributed by atoms with Crippen LogP contribution < -0.4 is 11.1 Å². The van der Waals surface area contributed by atoms with Crippen molar-refractivity contribution in [1.82, 2.24) is 19.9 Å². The lowest BCUT2D eigenvalue weighted by Crippen LogP contribution is -2.30. The third-order valence-electron chi connectivity index (χ3n) is 5.10. The van der Waals surface area contributed by atoms with Crippen LogP contribution in [0, 0.1) is 17.8 Å². The fourth-order valence-electron chi connectivity index (χ4n) is 4.18. The first-order valence-corrected chi connectivity index (χ1v) is 7.44. The highest BCUT2D eigenvalue weighted by Gasteiger charge is 2.41. The number of aromatic amines is 1. The summed E-state index contributed by atoms with van der Waals surface area (Å²) in [6.07, 6.45) is 7.23. The zero-order valence-electron chi connectivity index (χ0n) is 11.6. The Morgan fingerprint density at radius 3 is 3.00 bits per heavy atom. The second-order valence-electron chi connectivity index (χ2n) is 6.30. The first-order valence-electron chi connectivity index (χ1n) is 7.44. The van der Waals surface area contributed by atoms with Crippen molar-refractivity contribution in [3.05, 3.63) is 6.33 Å². The lowest BCUT2D eigenvalue weighted by Gasteiger charge is -2.29. The van der Waals surface area contributed by atoms with Crippen LogP contribution in [0.25, 0.3) is 11.2 Å². The molecule has 0 radical (unpaired) electrons. The summed E-state index contributed by atoms with van der Waals surface area (Å²) >= 11 is 0. The highest BCUT2D eigenvalue weighted by atomic mass is 15.1. The highest BCUT2D eigenvalue weighted by Crippen LogP contribution is 2.49. The Kier molecular flexibility index (Phi) is 2.58. The second-order valence-corrected chi connectivity index (χ2v) is 6.30. The van der Waals surface area contributed by atoms with Crippen LogP contribution in [-0.2, 0) is 0 Å². The standard InChI is InChI=1S/C14H20N6/c1-7(10-5-8-2-3-9(10)4-8)18-13-11-12(17-6-16-11)19-14(15)20-13/h6-10H,2-5H2,1H3,(H4,15,16,17,18,19,20). The summed E-state index contributed by atoms with van der Waals surface area (Å²) in [6, 6.07) is 0.408. The number of nitrogens with one attached hydrogen (secondary N) is 2. The Balaban J connectivity index is 1.59. The van der Waals surface area contributed by atoms with E-state index < -0.39 is 0 Å². The number of H-pyrrole nitrogens is 1. The van der Waals surface area contributed by atoms with E-state index in [9.17, 15) is 0 Å². The summed E-state index contributed by atoms with van der Waals surface area (Å²) in [7, 11) is 0. The number of hydrogen-bond donors (Lipinski definition) is 3. The molecule has 2 aromatic heterocycles. The van der Waals surface area contributed by atoms with Gasteiger partial charge in [-0.3, -0.25) is 0 Å². The van der Waals surface area contributed by atoms with Gasteiger partial charge >= 0.3 is 0 Å². The van der Waals surface area contributed by atoms with Crippen molar-refractivity contribution in [3.8, 4) is 0 Å². The van der Waals surface area contributed by atoms with Crippen molar-refractivity contribution < 1.29 is 0 Å². The Morgan fingerprint density at radius 1 is 1.35 bits per heavy atom. The van der Waals surface area contributed by atoms with Crippen LogP contribution in [-0.4, -0.2) is 26.0 Å². The molecule has 6 nitrogen and oxygen atoms in total. The van der Waals surface area contributed by atoms with E-state index in [1.807, 2.05) is 0 Å². The average molecular weight is 272 g/mol. The fourth-order valence-corrected chi connectivity index (χ4v) is 4.18. The van der Waals surface area contributed by atoms with Crippen LogP contribution in [0.3, 0.4) is 0 Å². The Morgan fingerprint density at radius 2 is 2.25 bits per heavy atom. The zero-order valence-corrected chi connectivity index (χ0v) is 11.6. The topological polar surface area (TPSA) is 92.5 Å². The van der Waals surface area contributed by atoms with Crippen LogP contribution in [0.1, 0.15) is 32.6 Å². The van der Waals surface area contributed by atoms with Crippen LogP contribution in [0.5, 0.6) is 0 Å². The van der Waals surface area contributed by atoms with E-state index >= 15 is 0 Å². The van der Waals surface area contributed by atoms with E-state index in [4.69, 9.17) is 5.73 Å². The average Bonchev–Trinajstić information content (AvgIpc) is 3.13. The molecule has 0 aliphatic heterocycles. The van der Waals surface area contributed by atoms with E-state index in [-0.39, 0.29) is 5.95 Å². The maximum Gasteiger partial charge on any atom is 0.224 e. The van der Waals surface area contributed by atoms with Gasteiger partial charge in [-0.05, 0) is 43.9 Å². The van der Waals surface area contributed by atoms with Gasteiger partial charge in [0.25, 0.3) is 0 Å². The number of nitrogen functional groups attached to an aromatic ring is 1. The fraction of sp³-hybridized carbons (Fsp3) is 0.643. The highest BCUT2D eigenvalue weighted by molar-refractivity contribution is 5.83. The summed E-state index contributed by atoms with van der Waals surface area (Å²) in [5, 5.41) is 3.54. The van der Waals surface area contributed by atoms with Crippen LogP contribution >= 0.6 is 0 Å². The van der Waals surface area contributed by atoms with E-state index in [1.54, 1.807) is 6.33 Å². The van der Waals surface area contributed by atoms with Gasteiger partial charge in [-0.25, -0.2) is 4.98 Å².